The molecule has 0 N–H and O–H groups in total. The zero-order valence-corrected chi connectivity index (χ0v) is 15.2. The highest BCUT2D eigenvalue weighted by Crippen LogP contribution is 2.31. The van der Waals surface area contributed by atoms with Crippen LogP contribution in [0.15, 0.2) is 66.7 Å². The van der Waals surface area contributed by atoms with Crippen LogP contribution in [0.3, 0.4) is 0 Å². The van der Waals surface area contributed by atoms with E-state index in [1.807, 2.05) is 48.5 Å². The maximum Gasteiger partial charge on any atom is 0.310 e. The van der Waals surface area contributed by atoms with E-state index < -0.39 is 0 Å². The second kappa shape index (κ2) is 7.08. The molecule has 1 aromatic heterocycles. The van der Waals surface area contributed by atoms with Crippen LogP contribution in [0.2, 0.25) is 0 Å². The second-order valence-corrected chi connectivity index (χ2v) is 6.33. The number of ether oxygens (including phenoxy) is 2. The second-order valence-electron chi connectivity index (χ2n) is 6.33. The van der Waals surface area contributed by atoms with Gasteiger partial charge >= 0.3 is 5.97 Å². The Morgan fingerprint density at radius 2 is 1.74 bits per heavy atom. The zero-order valence-electron chi connectivity index (χ0n) is 15.2. The van der Waals surface area contributed by atoms with Crippen molar-refractivity contribution < 1.29 is 14.3 Å². The number of carbonyl (C=O) groups excluding carboxylic acids is 1. The Kier molecular flexibility index (Phi) is 4.47. The minimum Gasteiger partial charge on any atom is -0.497 e. The molecule has 4 heteroatoms. The average Bonchev–Trinajstić information content (AvgIpc) is 2.73. The molecule has 0 saturated carbocycles. The van der Waals surface area contributed by atoms with Gasteiger partial charge in [-0.05, 0) is 52.7 Å². The first-order chi connectivity index (χ1) is 13.2. The number of hydrogen-bond donors (Lipinski definition) is 0. The average molecular weight is 357 g/mol. The molecule has 134 valence electrons. The van der Waals surface area contributed by atoms with Crippen molar-refractivity contribution >= 4 is 27.6 Å². The Bertz CT molecular complexity index is 1130. The molecule has 3 aromatic carbocycles. The largest absolute Gasteiger partial charge is 0.497 e. The van der Waals surface area contributed by atoms with Gasteiger partial charge in [-0.1, -0.05) is 30.3 Å². The molecule has 0 bridgehead atoms. The van der Waals surface area contributed by atoms with Crippen LogP contribution >= 0.6 is 0 Å². The molecule has 0 saturated heterocycles. The summed E-state index contributed by atoms with van der Waals surface area (Å²) in [7, 11) is 3.05. The fraction of sp³-hybridized carbons (Fsp3) is 0.130. The molecule has 0 amide bonds. The van der Waals surface area contributed by atoms with Gasteiger partial charge in [0.2, 0.25) is 0 Å². The Balaban J connectivity index is 1.96. The number of benzene rings is 3. The zero-order chi connectivity index (χ0) is 18.8. The minimum absolute atomic E-state index is 0.201. The van der Waals surface area contributed by atoms with Gasteiger partial charge in [-0.25, -0.2) is 4.98 Å². The maximum absolute atomic E-state index is 12.0. The van der Waals surface area contributed by atoms with Gasteiger partial charge in [-0.2, -0.15) is 0 Å². The number of pyridine rings is 1. The normalized spacial score (nSPS) is 10.9. The molecule has 0 aliphatic carbocycles. The molecule has 0 aliphatic heterocycles. The monoisotopic (exact) mass is 357 g/mol. The number of esters is 1. The van der Waals surface area contributed by atoms with Gasteiger partial charge in [-0.3, -0.25) is 4.79 Å². The number of methoxy groups -OCH3 is 2. The summed E-state index contributed by atoms with van der Waals surface area (Å²) in [5.41, 5.74) is 3.56. The van der Waals surface area contributed by atoms with Gasteiger partial charge in [0.15, 0.2) is 0 Å². The van der Waals surface area contributed by atoms with Crippen LogP contribution < -0.4 is 4.74 Å². The Morgan fingerprint density at radius 3 is 2.48 bits per heavy atom. The van der Waals surface area contributed by atoms with E-state index in [1.54, 1.807) is 7.11 Å². The van der Waals surface area contributed by atoms with Crippen LogP contribution in [0.4, 0.5) is 0 Å². The molecule has 1 heterocycles. The van der Waals surface area contributed by atoms with E-state index in [4.69, 9.17) is 14.5 Å². The highest BCUT2D eigenvalue weighted by Gasteiger charge is 2.14. The standard InChI is InChI=1S/C23H19NO3/c1-26-18-10-7-16(8-11-18)21-13-17(14-22(25)27-2)23-19-6-4-3-5-15(19)9-12-20(23)24-21/h3-13H,14H2,1-2H3. The number of carbonyl (C=O) groups is 1. The maximum atomic E-state index is 12.0. The van der Waals surface area contributed by atoms with E-state index >= 15 is 0 Å². The van der Waals surface area contributed by atoms with Crippen molar-refractivity contribution in [1.29, 1.82) is 0 Å². The van der Waals surface area contributed by atoms with E-state index in [2.05, 4.69) is 18.2 Å². The van der Waals surface area contributed by atoms with Gasteiger partial charge < -0.3 is 9.47 Å². The van der Waals surface area contributed by atoms with Crippen molar-refractivity contribution in [2.45, 2.75) is 6.42 Å². The van der Waals surface area contributed by atoms with Crippen molar-refractivity contribution in [3.8, 4) is 17.0 Å². The molecule has 0 atom stereocenters. The molecule has 4 aromatic rings. The predicted molar refractivity (Wildman–Crippen MR) is 107 cm³/mol. The number of aromatic nitrogens is 1. The Hall–Kier alpha value is -3.40. The van der Waals surface area contributed by atoms with Gasteiger partial charge in [0.1, 0.15) is 5.75 Å². The molecular formula is C23H19NO3. The van der Waals surface area contributed by atoms with Crippen LogP contribution in [0.1, 0.15) is 5.56 Å². The van der Waals surface area contributed by atoms with Crippen molar-refractivity contribution in [3.05, 3.63) is 72.3 Å². The third-order valence-electron chi connectivity index (χ3n) is 4.73. The topological polar surface area (TPSA) is 48.4 Å². The molecular weight excluding hydrogens is 338 g/mol. The summed E-state index contributed by atoms with van der Waals surface area (Å²) in [6.45, 7) is 0. The van der Waals surface area contributed by atoms with Crippen molar-refractivity contribution in [3.63, 3.8) is 0 Å². The lowest BCUT2D eigenvalue weighted by molar-refractivity contribution is -0.139. The molecule has 27 heavy (non-hydrogen) atoms. The van der Waals surface area contributed by atoms with Crippen LogP contribution in [0, 0.1) is 0 Å². The van der Waals surface area contributed by atoms with Crippen LogP contribution in [0.25, 0.3) is 32.9 Å². The summed E-state index contributed by atoms with van der Waals surface area (Å²) in [6.07, 6.45) is 0.201. The molecule has 4 nitrogen and oxygen atoms in total. The number of hydrogen-bond acceptors (Lipinski definition) is 4. The molecule has 4 rings (SSSR count). The molecule has 0 fully saturated rings. The lowest BCUT2D eigenvalue weighted by Gasteiger charge is -2.12. The molecule has 0 unspecified atom stereocenters. The fourth-order valence-corrected chi connectivity index (χ4v) is 3.37. The van der Waals surface area contributed by atoms with Gasteiger partial charge in [0, 0.05) is 10.9 Å². The van der Waals surface area contributed by atoms with Crippen LogP contribution in [-0.2, 0) is 16.0 Å². The van der Waals surface area contributed by atoms with Gasteiger partial charge in [0.05, 0.1) is 31.9 Å². The highest BCUT2D eigenvalue weighted by molar-refractivity contribution is 6.09. The predicted octanol–water partition coefficient (Wildman–Crippen LogP) is 4.78. The smallest absolute Gasteiger partial charge is 0.310 e. The first-order valence-corrected chi connectivity index (χ1v) is 8.72. The number of nitrogens with zero attached hydrogens (tertiary/aromatic N) is 1. The summed E-state index contributed by atoms with van der Waals surface area (Å²) in [5, 5.41) is 3.20. The van der Waals surface area contributed by atoms with Crippen molar-refractivity contribution in [2.75, 3.05) is 14.2 Å². The summed E-state index contributed by atoms with van der Waals surface area (Å²) in [4.78, 5) is 16.9. The summed E-state index contributed by atoms with van der Waals surface area (Å²) in [6, 6.07) is 21.9. The van der Waals surface area contributed by atoms with E-state index in [0.29, 0.717) is 0 Å². The fourth-order valence-electron chi connectivity index (χ4n) is 3.37. The van der Waals surface area contributed by atoms with E-state index in [0.717, 1.165) is 44.2 Å². The third-order valence-corrected chi connectivity index (χ3v) is 4.73. The molecule has 0 aliphatic rings. The van der Waals surface area contributed by atoms with Gasteiger partial charge in [-0.15, -0.1) is 0 Å². The minimum atomic E-state index is -0.267. The Morgan fingerprint density at radius 1 is 0.963 bits per heavy atom. The lowest BCUT2D eigenvalue weighted by Crippen LogP contribution is -2.06. The number of rotatable bonds is 4. The number of fused-ring (bicyclic) bond motifs is 3. The van der Waals surface area contributed by atoms with Crippen LogP contribution in [-0.4, -0.2) is 25.2 Å². The first kappa shape index (κ1) is 17.0. The van der Waals surface area contributed by atoms with Crippen LogP contribution in [0.5, 0.6) is 5.75 Å². The quantitative estimate of drug-likeness (QED) is 0.390. The molecule has 0 spiro atoms. The lowest BCUT2D eigenvalue weighted by atomic mass is 9.97. The van der Waals surface area contributed by atoms with Crippen molar-refractivity contribution in [2.24, 2.45) is 0 Å². The van der Waals surface area contributed by atoms with Gasteiger partial charge in [0.25, 0.3) is 0 Å². The third kappa shape index (κ3) is 3.22. The highest BCUT2D eigenvalue weighted by atomic mass is 16.5. The first-order valence-electron chi connectivity index (χ1n) is 8.72. The van der Waals surface area contributed by atoms with E-state index in [1.165, 1.54) is 7.11 Å². The molecule has 0 radical (unpaired) electrons. The summed E-state index contributed by atoms with van der Waals surface area (Å²) < 4.78 is 10.1. The van der Waals surface area contributed by atoms with E-state index in [-0.39, 0.29) is 12.4 Å². The SMILES string of the molecule is COC(=O)Cc1cc(-c2ccc(OC)cc2)nc2ccc3ccccc3c12. The van der Waals surface area contributed by atoms with E-state index in [9.17, 15) is 4.79 Å². The van der Waals surface area contributed by atoms with Crippen molar-refractivity contribution in [1.82, 2.24) is 4.98 Å². The Labute approximate surface area is 157 Å². The summed E-state index contributed by atoms with van der Waals surface area (Å²) >= 11 is 0. The summed E-state index contributed by atoms with van der Waals surface area (Å²) in [5.74, 6) is 0.524.